The van der Waals surface area contributed by atoms with E-state index in [1.54, 1.807) is 0 Å². The quantitative estimate of drug-likeness (QED) is 0.652. The molecule has 2 aromatic carbocycles. The van der Waals surface area contributed by atoms with Crippen molar-refractivity contribution in [2.75, 3.05) is 18.0 Å². The largest absolute Gasteiger partial charge is 0.354 e. The highest BCUT2D eigenvalue weighted by Gasteiger charge is 2.19. The molecule has 0 aromatic heterocycles. The maximum Gasteiger partial charge on any atom is 0.0443 e. The molecule has 0 spiro atoms. The van der Waals surface area contributed by atoms with Crippen LogP contribution in [0.15, 0.2) is 85.2 Å². The Balaban J connectivity index is 1.47. The van der Waals surface area contributed by atoms with Gasteiger partial charge in [-0.1, -0.05) is 48.6 Å². The van der Waals surface area contributed by atoms with Crippen molar-refractivity contribution in [2.45, 2.75) is 25.7 Å². The molecule has 0 amide bonds. The van der Waals surface area contributed by atoms with Gasteiger partial charge in [0.05, 0.1) is 0 Å². The van der Waals surface area contributed by atoms with Crippen LogP contribution in [0.4, 0.5) is 11.4 Å². The smallest absolute Gasteiger partial charge is 0.0443 e. The Bertz CT molecular complexity index is 768. The zero-order chi connectivity index (χ0) is 17.6. The van der Waals surface area contributed by atoms with Crippen molar-refractivity contribution in [1.82, 2.24) is 4.90 Å². The first-order valence-electron chi connectivity index (χ1n) is 9.62. The minimum atomic E-state index is 1.06. The van der Waals surface area contributed by atoms with Gasteiger partial charge in [0, 0.05) is 36.9 Å². The average Bonchev–Trinajstić information content (AvgIpc) is 3.03. The summed E-state index contributed by atoms with van der Waals surface area (Å²) in [7, 11) is 0. The van der Waals surface area contributed by atoms with Gasteiger partial charge in [-0.2, -0.15) is 0 Å². The summed E-state index contributed by atoms with van der Waals surface area (Å²) in [6, 6.07) is 17.8. The van der Waals surface area contributed by atoms with Crippen molar-refractivity contribution < 1.29 is 0 Å². The van der Waals surface area contributed by atoms with Crippen LogP contribution in [0.2, 0.25) is 0 Å². The summed E-state index contributed by atoms with van der Waals surface area (Å²) in [5, 5.41) is 0. The minimum absolute atomic E-state index is 1.06. The van der Waals surface area contributed by atoms with Gasteiger partial charge in [-0.15, -0.1) is 0 Å². The molecular weight excluding hydrogens is 316 g/mol. The Morgan fingerprint density at radius 3 is 1.77 bits per heavy atom. The van der Waals surface area contributed by atoms with Crippen LogP contribution in [0.1, 0.15) is 24.0 Å². The van der Waals surface area contributed by atoms with Gasteiger partial charge in [0.2, 0.25) is 0 Å². The molecule has 4 rings (SSSR count). The molecule has 2 aliphatic heterocycles. The first kappa shape index (κ1) is 16.7. The fraction of sp³-hybridized carbons (Fsp3) is 0.250. The van der Waals surface area contributed by atoms with Crippen molar-refractivity contribution in [3.8, 4) is 0 Å². The summed E-state index contributed by atoms with van der Waals surface area (Å²) < 4.78 is 0. The van der Waals surface area contributed by atoms with Crippen molar-refractivity contribution in [1.29, 1.82) is 0 Å². The van der Waals surface area contributed by atoms with Crippen LogP contribution in [-0.4, -0.2) is 18.0 Å². The maximum atomic E-state index is 2.54. The van der Waals surface area contributed by atoms with Crippen molar-refractivity contribution in [2.24, 2.45) is 0 Å². The van der Waals surface area contributed by atoms with E-state index in [4.69, 9.17) is 0 Å². The second-order valence-corrected chi connectivity index (χ2v) is 6.92. The van der Waals surface area contributed by atoms with E-state index in [0.717, 1.165) is 25.9 Å². The summed E-state index contributed by atoms with van der Waals surface area (Å²) in [6.45, 7) is 2.12. The maximum absolute atomic E-state index is 2.54. The molecule has 0 N–H and O–H groups in total. The summed E-state index contributed by atoms with van der Waals surface area (Å²) in [5.74, 6) is 0. The molecule has 0 bridgehead atoms. The van der Waals surface area contributed by atoms with E-state index in [0.29, 0.717) is 0 Å². The second-order valence-electron chi connectivity index (χ2n) is 6.92. The average molecular weight is 342 g/mol. The van der Waals surface area contributed by atoms with Crippen LogP contribution in [0.3, 0.4) is 0 Å². The van der Waals surface area contributed by atoms with Crippen LogP contribution in [0.25, 0.3) is 0 Å². The number of nitrogens with zero attached hydrogens (tertiary/aromatic N) is 2. The topological polar surface area (TPSA) is 6.48 Å². The van der Waals surface area contributed by atoms with Gasteiger partial charge < -0.3 is 9.80 Å². The molecule has 0 aliphatic carbocycles. The van der Waals surface area contributed by atoms with E-state index in [-0.39, 0.29) is 0 Å². The van der Waals surface area contributed by atoms with Crippen LogP contribution in [-0.2, 0) is 12.8 Å². The summed E-state index contributed by atoms with van der Waals surface area (Å²) in [6.07, 6.45) is 17.2. The number of unbranched alkanes of at least 4 members (excludes halogenated alkanes) is 1. The lowest BCUT2D eigenvalue weighted by Gasteiger charge is -2.27. The Labute approximate surface area is 156 Å². The van der Waals surface area contributed by atoms with Gasteiger partial charge in [0.25, 0.3) is 0 Å². The Morgan fingerprint density at radius 1 is 0.615 bits per heavy atom. The number of benzene rings is 2. The van der Waals surface area contributed by atoms with Gasteiger partial charge >= 0.3 is 0 Å². The van der Waals surface area contributed by atoms with Gasteiger partial charge in [0.15, 0.2) is 0 Å². The number of hydrogen-bond donors (Lipinski definition) is 0. The van der Waals surface area contributed by atoms with Crippen molar-refractivity contribution in [3.63, 3.8) is 0 Å². The third kappa shape index (κ3) is 3.75. The number of aryl methyl sites for hydroxylation is 2. The molecule has 0 saturated heterocycles. The molecule has 0 atom stereocenters. The summed E-state index contributed by atoms with van der Waals surface area (Å²) in [5.41, 5.74) is 5.70. The Morgan fingerprint density at radius 2 is 1.15 bits per heavy atom. The zero-order valence-corrected chi connectivity index (χ0v) is 15.2. The molecule has 2 aliphatic rings. The third-order valence-electron chi connectivity index (χ3n) is 5.16. The lowest BCUT2D eigenvalue weighted by Crippen LogP contribution is -2.21. The molecule has 2 aromatic rings. The first-order valence-corrected chi connectivity index (χ1v) is 9.62. The molecule has 0 saturated carbocycles. The number of rotatable bonds is 5. The van der Waals surface area contributed by atoms with Crippen LogP contribution >= 0.6 is 0 Å². The Kier molecular flexibility index (Phi) is 5.20. The first-order chi connectivity index (χ1) is 12.9. The minimum Gasteiger partial charge on any atom is -0.354 e. The molecule has 0 unspecified atom stereocenters. The number of fused-ring (bicyclic) bond motifs is 2. The number of hydrogen-bond acceptors (Lipinski definition) is 2. The molecule has 2 heteroatoms. The van der Waals surface area contributed by atoms with Crippen molar-refractivity contribution >= 4 is 11.4 Å². The van der Waals surface area contributed by atoms with E-state index >= 15 is 0 Å². The SMILES string of the molecule is C1=CC=CN(CCCCN2c3ccccc3CCc3ccccc32)C=C1. The fourth-order valence-corrected chi connectivity index (χ4v) is 3.82. The van der Waals surface area contributed by atoms with E-state index < -0.39 is 0 Å². The number of para-hydroxylation sites is 2. The van der Waals surface area contributed by atoms with Crippen LogP contribution in [0.5, 0.6) is 0 Å². The molecule has 2 heterocycles. The number of anilines is 2. The van der Waals surface area contributed by atoms with E-state index in [1.165, 1.54) is 35.3 Å². The number of allylic oxidation sites excluding steroid dienone is 4. The zero-order valence-electron chi connectivity index (χ0n) is 15.2. The summed E-state index contributed by atoms with van der Waals surface area (Å²) >= 11 is 0. The van der Waals surface area contributed by atoms with Gasteiger partial charge in [-0.3, -0.25) is 0 Å². The molecular formula is C24H26N2. The van der Waals surface area contributed by atoms with E-state index in [2.05, 4.69) is 95.0 Å². The van der Waals surface area contributed by atoms with Gasteiger partial charge in [-0.25, -0.2) is 0 Å². The monoisotopic (exact) mass is 342 g/mol. The fourth-order valence-electron chi connectivity index (χ4n) is 3.82. The highest BCUT2D eigenvalue weighted by atomic mass is 15.1. The lowest BCUT2D eigenvalue weighted by molar-refractivity contribution is 0.480. The van der Waals surface area contributed by atoms with E-state index in [1.807, 2.05) is 0 Å². The third-order valence-corrected chi connectivity index (χ3v) is 5.16. The van der Waals surface area contributed by atoms with Gasteiger partial charge in [0.1, 0.15) is 0 Å². The predicted molar refractivity (Wildman–Crippen MR) is 111 cm³/mol. The lowest BCUT2D eigenvalue weighted by atomic mass is 10.0. The predicted octanol–water partition coefficient (Wildman–Crippen LogP) is 5.60. The van der Waals surface area contributed by atoms with Crippen LogP contribution < -0.4 is 4.90 Å². The molecule has 2 nitrogen and oxygen atoms in total. The second kappa shape index (κ2) is 8.09. The molecule has 132 valence electrons. The molecule has 0 radical (unpaired) electrons. The summed E-state index contributed by atoms with van der Waals surface area (Å²) in [4.78, 5) is 4.80. The standard InChI is InChI=1S/C24H26N2/c1-2-8-18-25(17-7-1)19-9-10-20-26-23-13-5-3-11-21(23)15-16-22-12-4-6-14-24(22)26/h1-8,11-14,17-18H,9-10,15-16,19-20H2. The Hall–Kier alpha value is -2.74. The molecule has 26 heavy (non-hydrogen) atoms. The normalized spacial score (nSPS) is 15.4. The van der Waals surface area contributed by atoms with Crippen LogP contribution in [0, 0.1) is 0 Å². The van der Waals surface area contributed by atoms with E-state index in [9.17, 15) is 0 Å². The van der Waals surface area contributed by atoms with Crippen molar-refractivity contribution in [3.05, 3.63) is 96.4 Å². The highest BCUT2D eigenvalue weighted by molar-refractivity contribution is 5.71. The van der Waals surface area contributed by atoms with Gasteiger partial charge in [-0.05, 0) is 61.1 Å². The molecule has 0 fully saturated rings. The highest BCUT2D eigenvalue weighted by Crippen LogP contribution is 2.35.